The highest BCUT2D eigenvalue weighted by Gasteiger charge is 2.29. The van der Waals surface area contributed by atoms with E-state index in [1.165, 1.54) is 0 Å². The lowest BCUT2D eigenvalue weighted by atomic mass is 10.1. The number of hydrogen-bond acceptors (Lipinski definition) is 5. The third kappa shape index (κ3) is 2.77. The molecule has 1 fully saturated rings. The first-order valence-corrected chi connectivity index (χ1v) is 7.84. The van der Waals surface area contributed by atoms with E-state index in [1.54, 1.807) is 12.4 Å². The van der Waals surface area contributed by atoms with Crippen molar-refractivity contribution in [3.8, 4) is 11.4 Å². The van der Waals surface area contributed by atoms with Crippen LogP contribution in [0.4, 0.5) is 5.95 Å². The van der Waals surface area contributed by atoms with Gasteiger partial charge in [-0.15, -0.1) is 0 Å². The molecule has 0 bridgehead atoms. The van der Waals surface area contributed by atoms with Crippen molar-refractivity contribution in [1.29, 1.82) is 0 Å². The molecule has 4 rings (SSSR count). The van der Waals surface area contributed by atoms with Crippen LogP contribution >= 0.6 is 0 Å². The number of rotatable bonds is 3. The average molecular weight is 303 g/mol. The number of benzene rings is 1. The number of hydrogen-bond donors (Lipinski definition) is 0. The Hall–Kier alpha value is -2.82. The third-order valence-corrected chi connectivity index (χ3v) is 4.11. The highest BCUT2D eigenvalue weighted by atomic mass is 15.3. The minimum atomic E-state index is 0.211. The van der Waals surface area contributed by atoms with Crippen molar-refractivity contribution < 1.29 is 0 Å². The second kappa shape index (κ2) is 6.12. The normalized spacial score (nSPS) is 17.4. The lowest BCUT2D eigenvalue weighted by molar-refractivity contribution is 0.677. The molecule has 5 heteroatoms. The van der Waals surface area contributed by atoms with Crippen molar-refractivity contribution in [2.45, 2.75) is 18.9 Å². The van der Waals surface area contributed by atoms with Gasteiger partial charge in [-0.2, -0.15) is 0 Å². The quantitative estimate of drug-likeness (QED) is 0.743. The fourth-order valence-electron chi connectivity index (χ4n) is 3.04. The third-order valence-electron chi connectivity index (χ3n) is 4.11. The molecular formula is C18H17N5. The van der Waals surface area contributed by atoms with Crippen molar-refractivity contribution in [3.05, 3.63) is 66.7 Å². The van der Waals surface area contributed by atoms with Gasteiger partial charge in [-0.3, -0.25) is 0 Å². The lowest BCUT2D eigenvalue weighted by Crippen LogP contribution is -2.25. The standard InChI is InChI=1S/C18H17N5/c1-2-6-14(7-3-1)17-19-12-9-15(22-17)16-8-4-13-23(16)18-20-10-5-11-21-18/h1-3,5-7,9-12,16H,4,8,13H2. The second-order valence-electron chi connectivity index (χ2n) is 5.57. The fourth-order valence-corrected chi connectivity index (χ4v) is 3.04. The maximum absolute atomic E-state index is 4.79. The van der Waals surface area contributed by atoms with E-state index in [4.69, 9.17) is 4.98 Å². The monoisotopic (exact) mass is 303 g/mol. The van der Waals surface area contributed by atoms with Gasteiger partial charge < -0.3 is 4.90 Å². The van der Waals surface area contributed by atoms with Crippen molar-refractivity contribution in [2.75, 3.05) is 11.4 Å². The zero-order valence-electron chi connectivity index (χ0n) is 12.7. The highest BCUT2D eigenvalue weighted by Crippen LogP contribution is 2.33. The van der Waals surface area contributed by atoms with E-state index in [1.807, 2.05) is 48.7 Å². The Morgan fingerprint density at radius 2 is 1.70 bits per heavy atom. The van der Waals surface area contributed by atoms with Crippen LogP contribution in [0.2, 0.25) is 0 Å². The summed E-state index contributed by atoms with van der Waals surface area (Å²) in [5.41, 5.74) is 2.07. The van der Waals surface area contributed by atoms with Gasteiger partial charge in [-0.05, 0) is 25.0 Å². The molecule has 0 aliphatic carbocycles. The first-order valence-electron chi connectivity index (χ1n) is 7.84. The highest BCUT2D eigenvalue weighted by molar-refractivity contribution is 5.54. The predicted octanol–water partition coefficient (Wildman–Crippen LogP) is 3.28. The van der Waals surface area contributed by atoms with E-state index in [0.29, 0.717) is 0 Å². The smallest absolute Gasteiger partial charge is 0.225 e. The van der Waals surface area contributed by atoms with Crippen molar-refractivity contribution >= 4 is 5.95 Å². The van der Waals surface area contributed by atoms with Crippen molar-refractivity contribution in [2.24, 2.45) is 0 Å². The summed E-state index contributed by atoms with van der Waals surface area (Å²) < 4.78 is 0. The molecule has 1 aromatic carbocycles. The molecule has 0 N–H and O–H groups in total. The van der Waals surface area contributed by atoms with Gasteiger partial charge in [0.25, 0.3) is 0 Å². The number of nitrogens with zero attached hydrogens (tertiary/aromatic N) is 5. The molecule has 5 nitrogen and oxygen atoms in total. The van der Waals surface area contributed by atoms with Crippen LogP contribution < -0.4 is 4.90 Å². The van der Waals surface area contributed by atoms with Gasteiger partial charge in [-0.1, -0.05) is 30.3 Å². The Morgan fingerprint density at radius 3 is 2.52 bits per heavy atom. The Morgan fingerprint density at radius 1 is 0.870 bits per heavy atom. The first kappa shape index (κ1) is 13.8. The summed E-state index contributed by atoms with van der Waals surface area (Å²) in [4.78, 5) is 20.2. The second-order valence-corrected chi connectivity index (χ2v) is 5.57. The Balaban J connectivity index is 1.68. The Kier molecular flexibility index (Phi) is 3.68. The van der Waals surface area contributed by atoms with Crippen LogP contribution in [0.25, 0.3) is 11.4 Å². The molecule has 3 aromatic rings. The molecule has 0 saturated carbocycles. The molecule has 1 unspecified atom stereocenters. The molecule has 1 aliphatic rings. The van der Waals surface area contributed by atoms with Gasteiger partial charge in [0.05, 0.1) is 11.7 Å². The average Bonchev–Trinajstić information content (AvgIpc) is 3.13. The van der Waals surface area contributed by atoms with Gasteiger partial charge in [0, 0.05) is 30.7 Å². The van der Waals surface area contributed by atoms with Crippen LogP contribution in [0, 0.1) is 0 Å². The summed E-state index contributed by atoms with van der Waals surface area (Å²) in [6, 6.07) is 14.1. The minimum Gasteiger partial charge on any atom is -0.332 e. The molecule has 23 heavy (non-hydrogen) atoms. The van der Waals surface area contributed by atoms with E-state index < -0.39 is 0 Å². The van der Waals surface area contributed by atoms with Gasteiger partial charge in [0.1, 0.15) is 0 Å². The molecule has 0 spiro atoms. The fraction of sp³-hybridized carbons (Fsp3) is 0.222. The van der Waals surface area contributed by atoms with Gasteiger partial charge in [0.2, 0.25) is 5.95 Å². The summed E-state index contributed by atoms with van der Waals surface area (Å²) >= 11 is 0. The summed E-state index contributed by atoms with van der Waals surface area (Å²) in [6.07, 6.45) is 7.59. The van der Waals surface area contributed by atoms with Gasteiger partial charge in [0.15, 0.2) is 5.82 Å². The maximum atomic E-state index is 4.79. The van der Waals surface area contributed by atoms with E-state index in [0.717, 1.165) is 42.4 Å². The maximum Gasteiger partial charge on any atom is 0.225 e. The van der Waals surface area contributed by atoms with E-state index in [2.05, 4.69) is 19.9 Å². The number of aromatic nitrogens is 4. The largest absolute Gasteiger partial charge is 0.332 e. The zero-order chi connectivity index (χ0) is 15.5. The Bertz CT molecular complexity index is 776. The first-order chi connectivity index (χ1) is 11.4. The van der Waals surface area contributed by atoms with E-state index in [-0.39, 0.29) is 6.04 Å². The van der Waals surface area contributed by atoms with Crippen LogP contribution in [0.1, 0.15) is 24.6 Å². The SMILES string of the molecule is c1ccc(-c2nccc(C3CCCN3c3ncccn3)n2)cc1. The number of anilines is 1. The molecule has 2 aromatic heterocycles. The zero-order valence-corrected chi connectivity index (χ0v) is 12.7. The van der Waals surface area contributed by atoms with Crippen LogP contribution in [0.15, 0.2) is 61.1 Å². The minimum absolute atomic E-state index is 0.211. The van der Waals surface area contributed by atoms with Gasteiger partial charge >= 0.3 is 0 Å². The topological polar surface area (TPSA) is 54.8 Å². The van der Waals surface area contributed by atoms with E-state index >= 15 is 0 Å². The van der Waals surface area contributed by atoms with Crippen molar-refractivity contribution in [3.63, 3.8) is 0 Å². The summed E-state index contributed by atoms with van der Waals surface area (Å²) in [6.45, 7) is 0.958. The molecule has 1 aliphatic heterocycles. The van der Waals surface area contributed by atoms with Crippen LogP contribution in [0.3, 0.4) is 0 Å². The van der Waals surface area contributed by atoms with E-state index in [9.17, 15) is 0 Å². The molecule has 1 saturated heterocycles. The van der Waals surface area contributed by atoms with Crippen LogP contribution in [0.5, 0.6) is 0 Å². The molecule has 1 atom stereocenters. The molecule has 0 radical (unpaired) electrons. The van der Waals surface area contributed by atoms with Crippen LogP contribution in [-0.4, -0.2) is 26.5 Å². The summed E-state index contributed by atoms with van der Waals surface area (Å²) in [5.74, 6) is 1.54. The molecular weight excluding hydrogens is 286 g/mol. The van der Waals surface area contributed by atoms with Gasteiger partial charge in [-0.25, -0.2) is 19.9 Å². The van der Waals surface area contributed by atoms with Crippen molar-refractivity contribution in [1.82, 2.24) is 19.9 Å². The molecule has 0 amide bonds. The Labute approximate surface area is 135 Å². The van der Waals surface area contributed by atoms with Crippen LogP contribution in [-0.2, 0) is 0 Å². The summed E-state index contributed by atoms with van der Waals surface area (Å²) in [7, 11) is 0. The predicted molar refractivity (Wildman–Crippen MR) is 88.8 cm³/mol. The molecule has 3 heterocycles. The lowest BCUT2D eigenvalue weighted by Gasteiger charge is -2.24. The summed E-state index contributed by atoms with van der Waals surface area (Å²) in [5, 5.41) is 0. The molecule has 114 valence electrons.